The molecule has 0 saturated carbocycles. The van der Waals surface area contributed by atoms with Gasteiger partial charge in [0.25, 0.3) is 0 Å². The van der Waals surface area contributed by atoms with E-state index >= 15 is 0 Å². The van der Waals surface area contributed by atoms with Crippen LogP contribution < -0.4 is 0 Å². The van der Waals surface area contributed by atoms with Crippen LogP contribution in [0.5, 0.6) is 0 Å². The van der Waals surface area contributed by atoms with Crippen molar-refractivity contribution in [3.8, 4) is 16.8 Å². The van der Waals surface area contributed by atoms with Crippen LogP contribution in [0.15, 0.2) is 121 Å². The highest BCUT2D eigenvalue weighted by atomic mass is 32.1. The molecule has 3 aromatic heterocycles. The van der Waals surface area contributed by atoms with Crippen molar-refractivity contribution < 1.29 is 0 Å². The molecule has 0 fully saturated rings. The number of hydrogen-bond acceptors (Lipinski definition) is 2. The Morgan fingerprint density at radius 1 is 0.528 bits per heavy atom. The number of rotatable bonds is 2. The molecule has 0 saturated heterocycles. The van der Waals surface area contributed by atoms with Gasteiger partial charge in [0.15, 0.2) is 0 Å². The standard InChI is InChI=1S/C33H20N2S/c1-2-9-24(10-3-1)35-30-13-7-5-11-25(30)27-18-21(15-17-31(27)35)22-14-16-26-28-19-23-8-4-6-12-29(23)34-33(28)36-32(26)20-22/h1-20H. The topological polar surface area (TPSA) is 17.8 Å². The van der Waals surface area contributed by atoms with Gasteiger partial charge in [-0.1, -0.05) is 72.8 Å². The summed E-state index contributed by atoms with van der Waals surface area (Å²) < 4.78 is 3.64. The van der Waals surface area contributed by atoms with Gasteiger partial charge in [0.05, 0.1) is 16.6 Å². The van der Waals surface area contributed by atoms with Crippen LogP contribution in [0.2, 0.25) is 0 Å². The van der Waals surface area contributed by atoms with Crippen molar-refractivity contribution in [2.45, 2.75) is 0 Å². The van der Waals surface area contributed by atoms with Crippen LogP contribution in [0.1, 0.15) is 0 Å². The van der Waals surface area contributed by atoms with Gasteiger partial charge < -0.3 is 4.57 Å². The van der Waals surface area contributed by atoms with E-state index in [0.717, 1.165) is 10.3 Å². The number of hydrogen-bond donors (Lipinski definition) is 0. The fraction of sp³-hybridized carbons (Fsp3) is 0. The molecule has 8 aromatic rings. The van der Waals surface area contributed by atoms with E-state index in [4.69, 9.17) is 4.98 Å². The average molecular weight is 477 g/mol. The minimum Gasteiger partial charge on any atom is -0.309 e. The summed E-state index contributed by atoms with van der Waals surface area (Å²) in [4.78, 5) is 6.04. The third-order valence-electron chi connectivity index (χ3n) is 7.19. The largest absolute Gasteiger partial charge is 0.309 e. The molecule has 0 amide bonds. The number of fused-ring (bicyclic) bond motifs is 7. The van der Waals surface area contributed by atoms with Gasteiger partial charge in [-0.3, -0.25) is 0 Å². The van der Waals surface area contributed by atoms with Crippen LogP contribution in [0.25, 0.3) is 69.8 Å². The number of benzene rings is 5. The van der Waals surface area contributed by atoms with Gasteiger partial charge in [0, 0.05) is 37.3 Å². The molecule has 0 aliphatic rings. The Morgan fingerprint density at radius 3 is 2.22 bits per heavy atom. The second-order valence-electron chi connectivity index (χ2n) is 9.27. The zero-order valence-electron chi connectivity index (χ0n) is 19.3. The third-order valence-corrected chi connectivity index (χ3v) is 8.25. The van der Waals surface area contributed by atoms with E-state index in [0.29, 0.717) is 0 Å². The fourth-order valence-electron chi connectivity index (χ4n) is 5.49. The van der Waals surface area contributed by atoms with E-state index in [1.54, 1.807) is 11.3 Å². The lowest BCUT2D eigenvalue weighted by atomic mass is 10.0. The lowest BCUT2D eigenvalue weighted by Crippen LogP contribution is -1.92. The molecular weight excluding hydrogens is 456 g/mol. The summed E-state index contributed by atoms with van der Waals surface area (Å²) in [5.41, 5.74) is 7.16. The number of thiophene rings is 1. The van der Waals surface area contributed by atoms with Gasteiger partial charge in [0.1, 0.15) is 4.83 Å². The first-order chi connectivity index (χ1) is 17.8. The predicted octanol–water partition coefficient (Wildman–Crippen LogP) is 9.37. The van der Waals surface area contributed by atoms with Crippen molar-refractivity contribution >= 4 is 64.3 Å². The fourth-order valence-corrected chi connectivity index (χ4v) is 6.59. The third kappa shape index (κ3) is 2.87. The van der Waals surface area contributed by atoms with Gasteiger partial charge in [-0.25, -0.2) is 4.98 Å². The van der Waals surface area contributed by atoms with E-state index in [9.17, 15) is 0 Å². The number of pyridine rings is 1. The summed E-state index contributed by atoms with van der Waals surface area (Å²) in [6, 6.07) is 43.6. The molecule has 0 spiro atoms. The van der Waals surface area contributed by atoms with E-state index in [-0.39, 0.29) is 0 Å². The number of para-hydroxylation sites is 3. The summed E-state index contributed by atoms with van der Waals surface area (Å²) >= 11 is 1.78. The number of nitrogens with zero attached hydrogens (tertiary/aromatic N) is 2. The Bertz CT molecular complexity index is 2100. The maximum atomic E-state index is 4.94. The van der Waals surface area contributed by atoms with Crippen molar-refractivity contribution in [2.75, 3.05) is 0 Å². The Hall–Kier alpha value is -4.47. The van der Waals surface area contributed by atoms with Crippen molar-refractivity contribution in [3.05, 3.63) is 121 Å². The molecule has 0 radical (unpaired) electrons. The molecule has 168 valence electrons. The van der Waals surface area contributed by atoms with Gasteiger partial charge in [-0.2, -0.15) is 0 Å². The van der Waals surface area contributed by atoms with Crippen LogP contribution in [0, 0.1) is 0 Å². The first kappa shape index (κ1) is 19.8. The Balaban J connectivity index is 1.33. The highest BCUT2D eigenvalue weighted by molar-refractivity contribution is 7.25. The molecule has 3 heteroatoms. The summed E-state index contributed by atoms with van der Waals surface area (Å²) in [6.07, 6.45) is 0. The normalized spacial score (nSPS) is 11.9. The first-order valence-corrected chi connectivity index (χ1v) is 13.0. The van der Waals surface area contributed by atoms with Gasteiger partial charge in [-0.15, -0.1) is 11.3 Å². The molecule has 0 aliphatic carbocycles. The van der Waals surface area contributed by atoms with Gasteiger partial charge >= 0.3 is 0 Å². The highest BCUT2D eigenvalue weighted by Crippen LogP contribution is 2.39. The minimum absolute atomic E-state index is 1.05. The molecule has 36 heavy (non-hydrogen) atoms. The molecule has 0 atom stereocenters. The summed E-state index contributed by atoms with van der Waals surface area (Å²) in [7, 11) is 0. The predicted molar refractivity (Wildman–Crippen MR) is 154 cm³/mol. The average Bonchev–Trinajstić information content (AvgIpc) is 3.46. The summed E-state index contributed by atoms with van der Waals surface area (Å²) in [6.45, 7) is 0. The number of aromatic nitrogens is 2. The van der Waals surface area contributed by atoms with E-state index in [1.807, 2.05) is 0 Å². The Kier molecular flexibility index (Phi) is 4.13. The zero-order chi connectivity index (χ0) is 23.6. The van der Waals surface area contributed by atoms with Crippen LogP contribution in [-0.2, 0) is 0 Å². The quantitative estimate of drug-likeness (QED) is 0.243. The summed E-state index contributed by atoms with van der Waals surface area (Å²) in [5.74, 6) is 0. The van der Waals surface area contributed by atoms with Crippen LogP contribution >= 0.6 is 11.3 Å². The van der Waals surface area contributed by atoms with E-state index < -0.39 is 0 Å². The van der Waals surface area contributed by atoms with Crippen molar-refractivity contribution in [2.24, 2.45) is 0 Å². The lowest BCUT2D eigenvalue weighted by molar-refractivity contribution is 1.18. The molecule has 3 heterocycles. The maximum absolute atomic E-state index is 4.94. The molecule has 0 N–H and O–H groups in total. The van der Waals surface area contributed by atoms with E-state index in [1.165, 1.54) is 59.5 Å². The molecule has 5 aromatic carbocycles. The van der Waals surface area contributed by atoms with Crippen LogP contribution in [0.3, 0.4) is 0 Å². The molecule has 2 nitrogen and oxygen atoms in total. The molecule has 0 bridgehead atoms. The Morgan fingerprint density at radius 2 is 1.28 bits per heavy atom. The Labute approximate surface area is 211 Å². The SMILES string of the molecule is c1ccc(-n2c3ccccc3c3cc(-c4ccc5c(c4)sc4nc6ccccc6cc45)ccc32)cc1. The zero-order valence-corrected chi connectivity index (χ0v) is 20.2. The van der Waals surface area contributed by atoms with Gasteiger partial charge in [-0.05, 0) is 59.7 Å². The molecule has 0 aliphatic heterocycles. The minimum atomic E-state index is 1.05. The van der Waals surface area contributed by atoms with Crippen LogP contribution in [0.4, 0.5) is 0 Å². The lowest BCUT2D eigenvalue weighted by Gasteiger charge is -2.08. The highest BCUT2D eigenvalue weighted by Gasteiger charge is 2.14. The van der Waals surface area contributed by atoms with Crippen molar-refractivity contribution in [1.82, 2.24) is 9.55 Å². The van der Waals surface area contributed by atoms with Crippen molar-refractivity contribution in [3.63, 3.8) is 0 Å². The van der Waals surface area contributed by atoms with E-state index in [2.05, 4.69) is 126 Å². The van der Waals surface area contributed by atoms with Crippen LogP contribution in [-0.4, -0.2) is 9.55 Å². The molecule has 0 unspecified atom stereocenters. The monoisotopic (exact) mass is 476 g/mol. The maximum Gasteiger partial charge on any atom is 0.125 e. The molecule has 8 rings (SSSR count). The molecular formula is C33H20N2S. The smallest absolute Gasteiger partial charge is 0.125 e. The van der Waals surface area contributed by atoms with Gasteiger partial charge in [0.2, 0.25) is 0 Å². The summed E-state index contributed by atoms with van der Waals surface area (Å²) in [5, 5.41) is 6.25. The van der Waals surface area contributed by atoms with Crippen molar-refractivity contribution in [1.29, 1.82) is 0 Å². The second kappa shape index (κ2) is 7.51. The second-order valence-corrected chi connectivity index (χ2v) is 10.3. The first-order valence-electron chi connectivity index (χ1n) is 12.1.